The first-order valence-corrected chi connectivity index (χ1v) is 3.43. The molecule has 0 fully saturated rings. The van der Waals surface area contributed by atoms with Crippen LogP contribution in [0.1, 0.15) is 13.3 Å². The molecule has 0 aromatic rings. The Morgan fingerprint density at radius 2 is 2.36 bits per heavy atom. The smallest absolute Gasteiger partial charge is 0.162 e. The Labute approximate surface area is 64.7 Å². The summed E-state index contributed by atoms with van der Waals surface area (Å²) in [6, 6.07) is 0. The number of allylic oxidation sites excluding steroid dienone is 2. The van der Waals surface area contributed by atoms with E-state index in [1.54, 1.807) is 6.92 Å². The summed E-state index contributed by atoms with van der Waals surface area (Å²) >= 11 is 0. The fourth-order valence-electron chi connectivity index (χ4n) is 1.02. The van der Waals surface area contributed by atoms with Crippen LogP contribution >= 0.6 is 0 Å². The van der Waals surface area contributed by atoms with Gasteiger partial charge in [0.15, 0.2) is 5.78 Å². The third-order valence-corrected chi connectivity index (χ3v) is 1.78. The summed E-state index contributed by atoms with van der Waals surface area (Å²) < 4.78 is 0. The van der Waals surface area contributed by atoms with Gasteiger partial charge in [-0.25, -0.2) is 0 Å². The predicted molar refractivity (Wildman–Crippen MR) is 40.2 cm³/mol. The van der Waals surface area contributed by atoms with Gasteiger partial charge >= 0.3 is 0 Å². The van der Waals surface area contributed by atoms with Crippen LogP contribution in [0.2, 0.25) is 0 Å². The first-order valence-electron chi connectivity index (χ1n) is 3.43. The van der Waals surface area contributed by atoms with E-state index in [2.05, 4.69) is 0 Å². The van der Waals surface area contributed by atoms with Crippen molar-refractivity contribution in [2.24, 2.45) is 5.92 Å². The van der Waals surface area contributed by atoms with E-state index in [-0.39, 0.29) is 17.5 Å². The van der Waals surface area contributed by atoms with Gasteiger partial charge in [-0.3, -0.25) is 4.79 Å². The second-order valence-corrected chi connectivity index (χ2v) is 2.69. The molecule has 3 nitrogen and oxygen atoms in total. The third kappa shape index (κ3) is 1.42. The maximum Gasteiger partial charge on any atom is 0.162 e. The van der Waals surface area contributed by atoms with Crippen molar-refractivity contribution in [2.75, 3.05) is 0 Å². The molecule has 1 rings (SSSR count). The van der Waals surface area contributed by atoms with Crippen molar-refractivity contribution >= 4 is 5.78 Å². The van der Waals surface area contributed by atoms with Crippen molar-refractivity contribution in [1.29, 1.82) is 0 Å². The summed E-state index contributed by atoms with van der Waals surface area (Å²) in [5.74, 6) is -0.340. The zero-order valence-corrected chi connectivity index (χ0v) is 6.24. The standard InChI is InChI=1S/C8H10O3/c1-5-2-6(4-9)8(11)3-7(5)10/h3-5,9,11H,2H2,1H3. The number of aliphatic hydroxyl groups is 2. The van der Waals surface area contributed by atoms with Gasteiger partial charge in [0.25, 0.3) is 0 Å². The van der Waals surface area contributed by atoms with Crippen LogP contribution in [0.3, 0.4) is 0 Å². The maximum absolute atomic E-state index is 10.9. The number of rotatable bonds is 0. The molecule has 0 spiro atoms. The number of carbonyl (C=O) groups excluding carboxylic acids is 1. The summed E-state index contributed by atoms with van der Waals surface area (Å²) in [6.45, 7) is 1.76. The van der Waals surface area contributed by atoms with E-state index in [0.717, 1.165) is 12.3 Å². The van der Waals surface area contributed by atoms with E-state index in [0.29, 0.717) is 12.0 Å². The van der Waals surface area contributed by atoms with Gasteiger partial charge in [0, 0.05) is 17.6 Å². The first kappa shape index (κ1) is 7.85. The van der Waals surface area contributed by atoms with E-state index in [1.165, 1.54) is 0 Å². The Morgan fingerprint density at radius 1 is 1.73 bits per heavy atom. The molecule has 0 aromatic carbocycles. The lowest BCUT2D eigenvalue weighted by Crippen LogP contribution is -2.15. The molecule has 0 heterocycles. The van der Waals surface area contributed by atoms with Gasteiger partial charge in [-0.15, -0.1) is 0 Å². The predicted octanol–water partition coefficient (Wildman–Crippen LogP) is 1.48. The largest absolute Gasteiger partial charge is 0.515 e. The molecule has 1 aliphatic rings. The van der Waals surface area contributed by atoms with E-state index >= 15 is 0 Å². The van der Waals surface area contributed by atoms with Crippen LogP contribution in [0.5, 0.6) is 0 Å². The Bertz CT molecular complexity index is 238. The number of hydrogen-bond acceptors (Lipinski definition) is 3. The molecule has 1 aliphatic carbocycles. The van der Waals surface area contributed by atoms with Gasteiger partial charge in [-0.2, -0.15) is 0 Å². The zero-order chi connectivity index (χ0) is 8.43. The van der Waals surface area contributed by atoms with Crippen molar-refractivity contribution in [3.63, 3.8) is 0 Å². The lowest BCUT2D eigenvalue weighted by Gasteiger charge is -2.15. The highest BCUT2D eigenvalue weighted by Gasteiger charge is 2.21. The first-order chi connectivity index (χ1) is 5.15. The van der Waals surface area contributed by atoms with E-state index in [4.69, 9.17) is 10.2 Å². The van der Waals surface area contributed by atoms with Gasteiger partial charge in [0.2, 0.25) is 0 Å². The number of ketones is 1. The average Bonchev–Trinajstić information content (AvgIpc) is 1.97. The Hall–Kier alpha value is -1.25. The minimum atomic E-state index is -0.135. The summed E-state index contributed by atoms with van der Waals surface area (Å²) in [6.07, 6.45) is 2.41. The molecule has 1 atom stereocenters. The summed E-state index contributed by atoms with van der Waals surface area (Å²) in [7, 11) is 0. The fraction of sp³-hybridized carbons (Fsp3) is 0.375. The van der Waals surface area contributed by atoms with Crippen LogP contribution in [-0.4, -0.2) is 16.0 Å². The lowest BCUT2D eigenvalue weighted by atomic mass is 9.91. The monoisotopic (exact) mass is 154 g/mol. The Morgan fingerprint density at radius 3 is 2.91 bits per heavy atom. The van der Waals surface area contributed by atoms with Gasteiger partial charge in [0.05, 0.1) is 6.26 Å². The van der Waals surface area contributed by atoms with E-state index in [1.807, 2.05) is 0 Å². The van der Waals surface area contributed by atoms with Crippen molar-refractivity contribution in [3.05, 3.63) is 23.7 Å². The number of hydrogen-bond donors (Lipinski definition) is 2. The van der Waals surface area contributed by atoms with Crippen LogP contribution in [0.25, 0.3) is 0 Å². The topological polar surface area (TPSA) is 57.5 Å². The quantitative estimate of drug-likeness (QED) is 0.519. The van der Waals surface area contributed by atoms with Crippen molar-refractivity contribution < 1.29 is 15.0 Å². The summed E-state index contributed by atoms with van der Waals surface area (Å²) in [5.41, 5.74) is 0.428. The van der Waals surface area contributed by atoms with Gasteiger partial charge < -0.3 is 10.2 Å². The highest BCUT2D eigenvalue weighted by Crippen LogP contribution is 2.23. The highest BCUT2D eigenvalue weighted by atomic mass is 16.3. The van der Waals surface area contributed by atoms with Crippen molar-refractivity contribution in [1.82, 2.24) is 0 Å². The molecule has 0 amide bonds. The molecule has 0 aromatic heterocycles. The average molecular weight is 154 g/mol. The highest BCUT2D eigenvalue weighted by molar-refractivity contribution is 5.94. The van der Waals surface area contributed by atoms with Gasteiger partial charge in [0.1, 0.15) is 5.76 Å². The normalized spacial score (nSPS) is 28.8. The minimum absolute atomic E-state index is 0.0897. The zero-order valence-electron chi connectivity index (χ0n) is 6.24. The van der Waals surface area contributed by atoms with Crippen LogP contribution in [0.15, 0.2) is 23.7 Å². The molecule has 0 radical (unpaired) electrons. The molecular formula is C8H10O3. The van der Waals surface area contributed by atoms with Crippen LogP contribution in [0.4, 0.5) is 0 Å². The van der Waals surface area contributed by atoms with Crippen LogP contribution in [0, 0.1) is 5.92 Å². The number of aliphatic hydroxyl groups excluding tert-OH is 2. The second-order valence-electron chi connectivity index (χ2n) is 2.69. The summed E-state index contributed by atoms with van der Waals surface area (Å²) in [4.78, 5) is 10.9. The summed E-state index contributed by atoms with van der Waals surface area (Å²) in [5, 5.41) is 17.7. The van der Waals surface area contributed by atoms with Crippen molar-refractivity contribution in [2.45, 2.75) is 13.3 Å². The molecule has 0 saturated carbocycles. The molecule has 60 valence electrons. The van der Waals surface area contributed by atoms with E-state index in [9.17, 15) is 4.79 Å². The lowest BCUT2D eigenvalue weighted by molar-refractivity contribution is -0.118. The Balaban J connectivity index is 2.94. The SMILES string of the molecule is CC1CC(=CO)C(O)=CC1=O. The molecule has 0 aliphatic heterocycles. The molecule has 2 N–H and O–H groups in total. The molecule has 0 saturated heterocycles. The maximum atomic E-state index is 10.9. The van der Waals surface area contributed by atoms with Crippen LogP contribution < -0.4 is 0 Å². The Kier molecular flexibility index (Phi) is 1.98. The molecular weight excluding hydrogens is 144 g/mol. The van der Waals surface area contributed by atoms with Gasteiger partial charge in [-0.1, -0.05) is 6.92 Å². The van der Waals surface area contributed by atoms with Crippen molar-refractivity contribution in [3.8, 4) is 0 Å². The van der Waals surface area contributed by atoms with E-state index < -0.39 is 0 Å². The van der Waals surface area contributed by atoms with Gasteiger partial charge in [-0.05, 0) is 6.42 Å². The number of carbonyl (C=O) groups is 1. The second kappa shape index (κ2) is 2.78. The van der Waals surface area contributed by atoms with Crippen LogP contribution in [-0.2, 0) is 4.79 Å². The fourth-order valence-corrected chi connectivity index (χ4v) is 1.02. The third-order valence-electron chi connectivity index (χ3n) is 1.78. The molecule has 11 heavy (non-hydrogen) atoms. The minimum Gasteiger partial charge on any atom is -0.515 e. The molecule has 1 unspecified atom stereocenters. The molecule has 3 heteroatoms. The molecule has 0 bridgehead atoms.